The minimum atomic E-state index is 0.354. The average molecular weight is 400 g/mol. The Morgan fingerprint density at radius 1 is 1.21 bits per heavy atom. The molecule has 162 valence electrons. The Balaban J connectivity index is 1.64. The number of nitrogens with one attached hydrogen (secondary N) is 2. The molecule has 5 nitrogen and oxygen atoms in total. The Morgan fingerprint density at radius 2 is 1.90 bits per heavy atom. The Morgan fingerprint density at radius 3 is 2.48 bits per heavy atom. The van der Waals surface area contributed by atoms with Crippen LogP contribution < -0.4 is 5.32 Å². The normalized spacial score (nSPS) is 27.3. The first-order valence-corrected chi connectivity index (χ1v) is 11.4. The summed E-state index contributed by atoms with van der Waals surface area (Å²) in [5, 5.41) is 11.5. The Hall–Kier alpha value is -1.75. The van der Waals surface area contributed by atoms with Gasteiger partial charge in [0.2, 0.25) is 0 Å². The molecule has 2 atom stereocenters. The van der Waals surface area contributed by atoms with Gasteiger partial charge in [-0.25, -0.2) is 0 Å². The van der Waals surface area contributed by atoms with E-state index >= 15 is 0 Å². The second kappa shape index (κ2) is 9.38. The molecule has 0 aromatic heterocycles. The van der Waals surface area contributed by atoms with Crippen molar-refractivity contribution in [2.24, 2.45) is 11.8 Å². The van der Waals surface area contributed by atoms with Crippen LogP contribution in [0.25, 0.3) is 0 Å². The van der Waals surface area contributed by atoms with Crippen molar-refractivity contribution in [1.29, 1.82) is 5.41 Å². The van der Waals surface area contributed by atoms with Gasteiger partial charge in [-0.05, 0) is 71.5 Å². The third-order valence-electron chi connectivity index (χ3n) is 6.99. The largest absolute Gasteiger partial charge is 0.375 e. The van der Waals surface area contributed by atoms with Gasteiger partial charge in [0.15, 0.2) is 0 Å². The Kier molecular flexibility index (Phi) is 7.10. The van der Waals surface area contributed by atoms with E-state index < -0.39 is 0 Å². The second-order valence-electron chi connectivity index (χ2n) is 9.57. The summed E-state index contributed by atoms with van der Waals surface area (Å²) in [5.41, 5.74) is 3.61. The van der Waals surface area contributed by atoms with E-state index in [0.717, 1.165) is 31.0 Å². The van der Waals surface area contributed by atoms with Crippen molar-refractivity contribution in [3.05, 3.63) is 35.3 Å². The molecular weight excluding hydrogens is 358 g/mol. The van der Waals surface area contributed by atoms with Crippen LogP contribution in [0.15, 0.2) is 35.3 Å². The molecule has 3 aliphatic heterocycles. The summed E-state index contributed by atoms with van der Waals surface area (Å²) in [6.45, 7) is 15.6. The number of piperidine rings is 2. The van der Waals surface area contributed by atoms with Crippen LogP contribution in [0.2, 0.25) is 0 Å². The standard InChI is InChI=1S/C24H41N5/c1-17(2)26-24-22(15-25)18(3)14-23(28(24)6)20-9-12-29(13-10-20)19(4)21-8-7-11-27(5)16-21/h14-15,17,20-21,23,25-26H,4,7-13,16H2,1-3,5-6H3. The van der Waals surface area contributed by atoms with Crippen molar-refractivity contribution in [2.75, 3.05) is 40.3 Å². The lowest BCUT2D eigenvalue weighted by atomic mass is 9.84. The minimum absolute atomic E-state index is 0.354. The molecule has 0 spiro atoms. The van der Waals surface area contributed by atoms with E-state index in [1.807, 2.05) is 0 Å². The van der Waals surface area contributed by atoms with Gasteiger partial charge in [0.05, 0.1) is 6.04 Å². The molecule has 2 saturated heterocycles. The fraction of sp³-hybridized carbons (Fsp3) is 0.708. The molecule has 29 heavy (non-hydrogen) atoms. The van der Waals surface area contributed by atoms with Crippen LogP contribution in [0.1, 0.15) is 46.5 Å². The van der Waals surface area contributed by atoms with Crippen LogP contribution in [0.5, 0.6) is 0 Å². The van der Waals surface area contributed by atoms with Crippen molar-refractivity contribution in [1.82, 2.24) is 20.0 Å². The highest BCUT2D eigenvalue weighted by molar-refractivity contribution is 5.83. The first-order chi connectivity index (χ1) is 13.8. The molecule has 2 N–H and O–H groups in total. The minimum Gasteiger partial charge on any atom is -0.375 e. The van der Waals surface area contributed by atoms with Gasteiger partial charge in [0.25, 0.3) is 0 Å². The number of hydrogen-bond acceptors (Lipinski definition) is 5. The number of nitrogens with zero attached hydrogens (tertiary/aromatic N) is 3. The van der Waals surface area contributed by atoms with Crippen LogP contribution in [0.3, 0.4) is 0 Å². The van der Waals surface area contributed by atoms with Crippen LogP contribution in [0, 0.1) is 17.2 Å². The summed E-state index contributed by atoms with van der Waals surface area (Å²) >= 11 is 0. The smallest absolute Gasteiger partial charge is 0.111 e. The molecule has 3 heterocycles. The van der Waals surface area contributed by atoms with E-state index in [-0.39, 0.29) is 0 Å². The van der Waals surface area contributed by atoms with Gasteiger partial charge in [0.1, 0.15) is 5.82 Å². The lowest BCUT2D eigenvalue weighted by Gasteiger charge is -2.45. The van der Waals surface area contributed by atoms with Crippen LogP contribution in [0.4, 0.5) is 0 Å². The SMILES string of the molecule is C=C(C1CCCN(C)C1)N1CCC(C2C=C(C)C(C=N)=C(NC(C)C)N2C)CC1. The lowest BCUT2D eigenvalue weighted by molar-refractivity contribution is 0.133. The average Bonchev–Trinajstić information content (AvgIpc) is 2.70. The summed E-state index contributed by atoms with van der Waals surface area (Å²) in [6.07, 6.45) is 8.87. The van der Waals surface area contributed by atoms with E-state index in [9.17, 15) is 0 Å². The van der Waals surface area contributed by atoms with Crippen molar-refractivity contribution < 1.29 is 0 Å². The van der Waals surface area contributed by atoms with E-state index in [2.05, 4.69) is 67.5 Å². The van der Waals surface area contributed by atoms with E-state index in [4.69, 9.17) is 5.41 Å². The number of hydrogen-bond donors (Lipinski definition) is 2. The Bertz CT molecular complexity index is 669. The molecule has 0 radical (unpaired) electrons. The molecule has 5 heteroatoms. The highest BCUT2D eigenvalue weighted by Crippen LogP contribution is 2.34. The maximum atomic E-state index is 7.88. The maximum Gasteiger partial charge on any atom is 0.111 e. The molecule has 0 bridgehead atoms. The predicted molar refractivity (Wildman–Crippen MR) is 123 cm³/mol. The fourth-order valence-electron chi connectivity index (χ4n) is 5.30. The predicted octanol–water partition coefficient (Wildman–Crippen LogP) is 3.67. The molecule has 3 rings (SSSR count). The quantitative estimate of drug-likeness (QED) is 0.669. The zero-order valence-electron chi connectivity index (χ0n) is 19.2. The van der Waals surface area contributed by atoms with Gasteiger partial charge in [-0.2, -0.15) is 0 Å². The van der Waals surface area contributed by atoms with Gasteiger partial charge in [0, 0.05) is 56.1 Å². The highest BCUT2D eigenvalue weighted by atomic mass is 15.3. The first kappa shape index (κ1) is 21.9. The van der Waals surface area contributed by atoms with Gasteiger partial charge in [-0.3, -0.25) is 0 Å². The Labute approximate surface area is 178 Å². The van der Waals surface area contributed by atoms with Crippen LogP contribution in [-0.4, -0.2) is 73.3 Å². The van der Waals surface area contributed by atoms with E-state index in [1.165, 1.54) is 49.7 Å². The number of likely N-dealkylation sites (N-methyl/N-ethyl adjacent to an activating group) is 1. The molecule has 2 unspecified atom stereocenters. The van der Waals surface area contributed by atoms with E-state index in [0.29, 0.717) is 23.9 Å². The molecule has 0 saturated carbocycles. The van der Waals surface area contributed by atoms with Gasteiger partial charge in [-0.15, -0.1) is 0 Å². The van der Waals surface area contributed by atoms with Crippen molar-refractivity contribution in [3.8, 4) is 0 Å². The zero-order valence-corrected chi connectivity index (χ0v) is 19.2. The molecule has 3 aliphatic rings. The topological polar surface area (TPSA) is 45.6 Å². The van der Waals surface area contributed by atoms with Gasteiger partial charge in [-0.1, -0.05) is 12.7 Å². The van der Waals surface area contributed by atoms with E-state index in [1.54, 1.807) is 0 Å². The fourth-order valence-corrected chi connectivity index (χ4v) is 5.30. The van der Waals surface area contributed by atoms with Crippen molar-refractivity contribution in [3.63, 3.8) is 0 Å². The number of likely N-dealkylation sites (tertiary alicyclic amines) is 2. The molecular formula is C24H41N5. The second-order valence-corrected chi connectivity index (χ2v) is 9.57. The summed E-state index contributed by atoms with van der Waals surface area (Å²) in [6, 6.07) is 0.754. The molecule has 0 aromatic rings. The molecule has 0 aromatic carbocycles. The third kappa shape index (κ3) is 4.88. The monoisotopic (exact) mass is 399 g/mol. The lowest BCUT2D eigenvalue weighted by Crippen LogP contribution is -2.48. The highest BCUT2D eigenvalue weighted by Gasteiger charge is 2.34. The summed E-state index contributed by atoms with van der Waals surface area (Å²) in [7, 11) is 4.42. The van der Waals surface area contributed by atoms with Crippen molar-refractivity contribution in [2.45, 2.75) is 58.5 Å². The molecule has 2 fully saturated rings. The van der Waals surface area contributed by atoms with Crippen LogP contribution >= 0.6 is 0 Å². The summed E-state index contributed by atoms with van der Waals surface area (Å²) < 4.78 is 0. The molecule has 0 aliphatic carbocycles. The molecule has 0 amide bonds. The van der Waals surface area contributed by atoms with Gasteiger partial charge >= 0.3 is 0 Å². The number of allylic oxidation sites excluding steroid dienone is 2. The first-order valence-electron chi connectivity index (χ1n) is 11.4. The number of rotatable bonds is 6. The third-order valence-corrected chi connectivity index (χ3v) is 6.99. The summed E-state index contributed by atoms with van der Waals surface area (Å²) in [5.74, 6) is 2.38. The van der Waals surface area contributed by atoms with Gasteiger partial charge < -0.3 is 25.4 Å². The maximum absolute atomic E-state index is 7.88. The summed E-state index contributed by atoms with van der Waals surface area (Å²) in [4.78, 5) is 7.39. The van der Waals surface area contributed by atoms with Crippen LogP contribution in [-0.2, 0) is 0 Å². The van der Waals surface area contributed by atoms with Crippen molar-refractivity contribution >= 4 is 6.21 Å². The zero-order chi connectivity index (χ0) is 21.1.